The Morgan fingerprint density at radius 3 is 2.62 bits per heavy atom. The summed E-state index contributed by atoms with van der Waals surface area (Å²) in [6, 6.07) is 11.6. The molecule has 0 aliphatic carbocycles. The van der Waals surface area contributed by atoms with Gasteiger partial charge in [-0.25, -0.2) is 0 Å². The minimum absolute atomic E-state index is 0.0657. The summed E-state index contributed by atoms with van der Waals surface area (Å²) < 4.78 is 5.18. The van der Waals surface area contributed by atoms with E-state index < -0.39 is 6.10 Å². The topological polar surface area (TPSA) is 65.7 Å². The molecule has 5 heteroatoms. The highest BCUT2D eigenvalue weighted by Gasteiger charge is 2.23. The lowest BCUT2D eigenvalue weighted by molar-refractivity contribution is 0.0827. The van der Waals surface area contributed by atoms with E-state index in [-0.39, 0.29) is 11.9 Å². The molecule has 2 heterocycles. The molecule has 1 aliphatic heterocycles. The largest absolute Gasteiger partial charge is 0.469 e. The van der Waals surface area contributed by atoms with Crippen molar-refractivity contribution >= 4 is 5.91 Å². The Bertz CT molecular complexity index is 660. The average molecular weight is 328 g/mol. The Hall–Kier alpha value is -2.11. The number of carbonyl (C=O) groups is 1. The van der Waals surface area contributed by atoms with Gasteiger partial charge in [0.05, 0.1) is 17.9 Å². The molecule has 1 atom stereocenters. The van der Waals surface area contributed by atoms with Crippen LogP contribution in [-0.4, -0.2) is 41.6 Å². The Morgan fingerprint density at radius 2 is 2.00 bits per heavy atom. The van der Waals surface area contributed by atoms with Crippen LogP contribution in [0, 0.1) is 6.92 Å². The molecular weight excluding hydrogens is 304 g/mol. The molecule has 3 rings (SSSR count). The van der Waals surface area contributed by atoms with Gasteiger partial charge in [-0.3, -0.25) is 4.79 Å². The molecule has 0 spiro atoms. The average Bonchev–Trinajstić information content (AvgIpc) is 3.03. The number of β-amino-alcohol motifs (C(OH)–C–C–N with tert-alkyl or cyclic N) is 1. The lowest BCUT2D eigenvalue weighted by Gasteiger charge is -2.33. The van der Waals surface area contributed by atoms with Gasteiger partial charge in [0.2, 0.25) is 0 Å². The maximum absolute atomic E-state index is 12.2. The summed E-state index contributed by atoms with van der Waals surface area (Å²) in [4.78, 5) is 14.5. The Kier molecular flexibility index (Phi) is 5.33. The van der Waals surface area contributed by atoms with E-state index in [2.05, 4.69) is 10.2 Å². The molecule has 2 aromatic rings. The SMILES string of the molecule is Cc1occc1C(=O)NC1CCN(C[C@H](O)c2ccccc2)CC1. The predicted molar refractivity (Wildman–Crippen MR) is 91.8 cm³/mol. The monoisotopic (exact) mass is 328 g/mol. The van der Waals surface area contributed by atoms with Gasteiger partial charge in [-0.05, 0) is 31.4 Å². The molecule has 2 N–H and O–H groups in total. The van der Waals surface area contributed by atoms with E-state index in [4.69, 9.17) is 4.42 Å². The fourth-order valence-corrected chi connectivity index (χ4v) is 3.17. The van der Waals surface area contributed by atoms with Crippen molar-refractivity contribution in [2.75, 3.05) is 19.6 Å². The van der Waals surface area contributed by atoms with Gasteiger partial charge in [0, 0.05) is 25.7 Å². The molecule has 1 fully saturated rings. The van der Waals surface area contributed by atoms with Gasteiger partial charge in [-0.1, -0.05) is 30.3 Å². The van der Waals surface area contributed by atoms with Crippen LogP contribution in [0.3, 0.4) is 0 Å². The van der Waals surface area contributed by atoms with Gasteiger partial charge >= 0.3 is 0 Å². The summed E-state index contributed by atoms with van der Waals surface area (Å²) in [6.07, 6.45) is 2.86. The lowest BCUT2D eigenvalue weighted by atomic mass is 10.0. The second-order valence-corrected chi connectivity index (χ2v) is 6.37. The number of rotatable bonds is 5. The first-order valence-electron chi connectivity index (χ1n) is 8.44. The van der Waals surface area contributed by atoms with Crippen LogP contribution in [0.5, 0.6) is 0 Å². The van der Waals surface area contributed by atoms with Gasteiger partial charge in [0.15, 0.2) is 0 Å². The van der Waals surface area contributed by atoms with Crippen molar-refractivity contribution < 1.29 is 14.3 Å². The number of hydrogen-bond donors (Lipinski definition) is 2. The van der Waals surface area contributed by atoms with Crippen LogP contribution in [0.1, 0.15) is 40.6 Å². The number of aryl methyl sites for hydroxylation is 1. The number of hydrogen-bond acceptors (Lipinski definition) is 4. The lowest BCUT2D eigenvalue weighted by Crippen LogP contribution is -2.45. The highest BCUT2D eigenvalue weighted by Crippen LogP contribution is 2.18. The first-order chi connectivity index (χ1) is 11.6. The van der Waals surface area contributed by atoms with Crippen LogP contribution < -0.4 is 5.32 Å². The Morgan fingerprint density at radius 1 is 1.29 bits per heavy atom. The van der Waals surface area contributed by atoms with Crippen molar-refractivity contribution in [3.05, 3.63) is 59.5 Å². The number of piperidine rings is 1. The van der Waals surface area contributed by atoms with Crippen molar-refractivity contribution in [3.63, 3.8) is 0 Å². The number of nitrogens with zero attached hydrogens (tertiary/aromatic N) is 1. The number of amides is 1. The molecule has 1 amide bonds. The van der Waals surface area contributed by atoms with E-state index in [1.165, 1.54) is 6.26 Å². The fourth-order valence-electron chi connectivity index (χ4n) is 3.17. The normalized spacial score (nSPS) is 17.6. The summed E-state index contributed by atoms with van der Waals surface area (Å²) in [5, 5.41) is 13.4. The molecule has 128 valence electrons. The van der Waals surface area contributed by atoms with Crippen LogP contribution in [0.25, 0.3) is 0 Å². The summed E-state index contributed by atoms with van der Waals surface area (Å²) in [7, 11) is 0. The highest BCUT2D eigenvalue weighted by molar-refractivity contribution is 5.95. The molecule has 24 heavy (non-hydrogen) atoms. The number of aliphatic hydroxyl groups is 1. The highest BCUT2D eigenvalue weighted by atomic mass is 16.3. The maximum Gasteiger partial charge on any atom is 0.255 e. The Balaban J connectivity index is 1.46. The maximum atomic E-state index is 12.2. The summed E-state index contributed by atoms with van der Waals surface area (Å²) in [5.41, 5.74) is 1.56. The number of likely N-dealkylation sites (tertiary alicyclic amines) is 1. The second kappa shape index (κ2) is 7.64. The third-order valence-electron chi connectivity index (χ3n) is 4.64. The molecule has 1 aromatic carbocycles. The van der Waals surface area contributed by atoms with Crippen LogP contribution in [0.4, 0.5) is 0 Å². The van der Waals surface area contributed by atoms with Crippen LogP contribution >= 0.6 is 0 Å². The molecule has 0 radical (unpaired) electrons. The van der Waals surface area contributed by atoms with E-state index in [9.17, 15) is 9.90 Å². The minimum atomic E-state index is -0.467. The number of carbonyl (C=O) groups excluding carboxylic acids is 1. The summed E-state index contributed by atoms with van der Waals surface area (Å²) in [5.74, 6) is 0.583. The fraction of sp³-hybridized carbons (Fsp3) is 0.421. The van der Waals surface area contributed by atoms with Gasteiger partial charge in [0.1, 0.15) is 5.76 Å². The molecule has 5 nitrogen and oxygen atoms in total. The molecule has 0 saturated carbocycles. The third kappa shape index (κ3) is 4.04. The van der Waals surface area contributed by atoms with Crippen molar-refractivity contribution in [2.45, 2.75) is 31.9 Å². The van der Waals surface area contributed by atoms with Crippen molar-refractivity contribution in [3.8, 4) is 0 Å². The van der Waals surface area contributed by atoms with Gasteiger partial charge in [-0.15, -0.1) is 0 Å². The number of benzene rings is 1. The smallest absolute Gasteiger partial charge is 0.255 e. The van der Waals surface area contributed by atoms with E-state index >= 15 is 0 Å². The van der Waals surface area contributed by atoms with Crippen molar-refractivity contribution in [1.29, 1.82) is 0 Å². The molecular formula is C19H24N2O3. The quantitative estimate of drug-likeness (QED) is 0.885. The zero-order valence-corrected chi connectivity index (χ0v) is 13.9. The zero-order chi connectivity index (χ0) is 16.9. The van der Waals surface area contributed by atoms with Gasteiger partial charge in [0.25, 0.3) is 5.91 Å². The number of furan rings is 1. The van der Waals surface area contributed by atoms with E-state index in [0.717, 1.165) is 31.5 Å². The molecule has 0 unspecified atom stereocenters. The van der Waals surface area contributed by atoms with Crippen molar-refractivity contribution in [1.82, 2.24) is 10.2 Å². The molecule has 1 aromatic heterocycles. The minimum Gasteiger partial charge on any atom is -0.469 e. The summed E-state index contributed by atoms with van der Waals surface area (Å²) >= 11 is 0. The molecule has 0 bridgehead atoms. The second-order valence-electron chi connectivity index (χ2n) is 6.37. The standard InChI is InChI=1S/C19H24N2O3/c1-14-17(9-12-24-14)19(23)20-16-7-10-21(11-8-16)13-18(22)15-5-3-2-4-6-15/h2-6,9,12,16,18,22H,7-8,10-11,13H2,1H3,(H,20,23)/t18-/m0/s1. The van der Waals surface area contributed by atoms with Gasteiger partial charge < -0.3 is 19.7 Å². The van der Waals surface area contributed by atoms with Crippen LogP contribution in [0.15, 0.2) is 47.1 Å². The zero-order valence-electron chi connectivity index (χ0n) is 13.9. The third-order valence-corrected chi connectivity index (χ3v) is 4.64. The van der Waals surface area contributed by atoms with Crippen LogP contribution in [0.2, 0.25) is 0 Å². The summed E-state index contributed by atoms with van der Waals surface area (Å²) in [6.45, 7) is 4.17. The number of nitrogens with one attached hydrogen (secondary N) is 1. The number of aliphatic hydroxyl groups excluding tert-OH is 1. The van der Waals surface area contributed by atoms with E-state index in [1.807, 2.05) is 30.3 Å². The molecule has 1 saturated heterocycles. The van der Waals surface area contributed by atoms with E-state index in [0.29, 0.717) is 17.9 Å². The first-order valence-corrected chi connectivity index (χ1v) is 8.44. The Labute approximate surface area is 142 Å². The van der Waals surface area contributed by atoms with Crippen molar-refractivity contribution in [2.24, 2.45) is 0 Å². The predicted octanol–water partition coefficient (Wildman–Crippen LogP) is 2.52. The first kappa shape index (κ1) is 16.7. The van der Waals surface area contributed by atoms with Gasteiger partial charge in [-0.2, -0.15) is 0 Å². The van der Waals surface area contributed by atoms with E-state index in [1.54, 1.807) is 13.0 Å². The van der Waals surface area contributed by atoms with Crippen LogP contribution in [-0.2, 0) is 0 Å². The molecule has 1 aliphatic rings.